The summed E-state index contributed by atoms with van der Waals surface area (Å²) in [6.07, 6.45) is 3.89. The number of rotatable bonds is 2. The van der Waals surface area contributed by atoms with E-state index in [1.165, 1.54) is 24.8 Å². The van der Waals surface area contributed by atoms with E-state index in [0.29, 0.717) is 12.0 Å². The molecule has 1 saturated heterocycles. The number of hydrogen-bond donors (Lipinski definition) is 0. The van der Waals surface area contributed by atoms with E-state index in [1.54, 1.807) is 0 Å². The van der Waals surface area contributed by atoms with Crippen LogP contribution in [0.5, 0.6) is 0 Å². The molecule has 1 aromatic rings. The smallest absolute Gasteiger partial charge is 0.101 e. The van der Waals surface area contributed by atoms with Crippen molar-refractivity contribution >= 4 is 0 Å². The zero-order chi connectivity index (χ0) is 12.5. The van der Waals surface area contributed by atoms with Gasteiger partial charge in [0.25, 0.3) is 0 Å². The van der Waals surface area contributed by atoms with E-state index < -0.39 is 0 Å². The number of nitriles is 1. The Balaban J connectivity index is 1.82. The maximum absolute atomic E-state index is 9.49. The Morgan fingerprint density at radius 3 is 2.78 bits per heavy atom. The van der Waals surface area contributed by atoms with Crippen molar-refractivity contribution in [3.05, 3.63) is 35.9 Å². The fourth-order valence-corrected chi connectivity index (χ4v) is 3.83. The van der Waals surface area contributed by atoms with Crippen LogP contribution >= 0.6 is 0 Å². The fraction of sp³-hybridized carbons (Fsp3) is 0.562. The molecule has 2 nitrogen and oxygen atoms in total. The van der Waals surface area contributed by atoms with Gasteiger partial charge in [-0.25, -0.2) is 0 Å². The monoisotopic (exact) mass is 240 g/mol. The van der Waals surface area contributed by atoms with Crippen LogP contribution in [0.2, 0.25) is 0 Å². The van der Waals surface area contributed by atoms with Crippen molar-refractivity contribution < 1.29 is 0 Å². The molecule has 2 aliphatic rings. The average molecular weight is 240 g/mol. The number of likely N-dealkylation sites (tertiary alicyclic amines) is 1. The van der Waals surface area contributed by atoms with Crippen LogP contribution in [0.15, 0.2) is 30.3 Å². The third kappa shape index (κ3) is 1.83. The lowest BCUT2D eigenvalue weighted by Gasteiger charge is -2.29. The third-order valence-electron chi connectivity index (χ3n) is 4.84. The van der Waals surface area contributed by atoms with Gasteiger partial charge in [-0.3, -0.25) is 4.90 Å². The minimum atomic E-state index is 0.132. The fourth-order valence-electron chi connectivity index (χ4n) is 3.83. The second kappa shape index (κ2) is 4.74. The summed E-state index contributed by atoms with van der Waals surface area (Å²) < 4.78 is 0. The summed E-state index contributed by atoms with van der Waals surface area (Å²) in [4.78, 5) is 2.42. The first-order valence-electron chi connectivity index (χ1n) is 7.01. The molecule has 0 bridgehead atoms. The van der Waals surface area contributed by atoms with Gasteiger partial charge in [0, 0.05) is 12.6 Å². The van der Waals surface area contributed by atoms with Crippen molar-refractivity contribution in [3.63, 3.8) is 0 Å². The van der Waals surface area contributed by atoms with Gasteiger partial charge in [0.05, 0.1) is 6.07 Å². The quantitative estimate of drug-likeness (QED) is 0.792. The van der Waals surface area contributed by atoms with E-state index in [9.17, 15) is 5.26 Å². The summed E-state index contributed by atoms with van der Waals surface area (Å²) >= 11 is 0. The molecule has 94 valence electrons. The maximum atomic E-state index is 9.49. The Labute approximate surface area is 109 Å². The highest BCUT2D eigenvalue weighted by atomic mass is 15.2. The zero-order valence-corrected chi connectivity index (χ0v) is 10.9. The Kier molecular flexibility index (Phi) is 3.09. The molecule has 0 radical (unpaired) electrons. The van der Waals surface area contributed by atoms with Crippen molar-refractivity contribution in [2.24, 2.45) is 11.8 Å². The van der Waals surface area contributed by atoms with Gasteiger partial charge >= 0.3 is 0 Å². The van der Waals surface area contributed by atoms with Gasteiger partial charge in [-0.15, -0.1) is 0 Å². The van der Waals surface area contributed by atoms with Gasteiger partial charge in [-0.2, -0.15) is 5.26 Å². The van der Waals surface area contributed by atoms with Crippen LogP contribution in [0, 0.1) is 23.2 Å². The molecular weight excluding hydrogens is 220 g/mol. The summed E-state index contributed by atoms with van der Waals surface area (Å²) in [6.45, 7) is 3.35. The number of benzene rings is 1. The van der Waals surface area contributed by atoms with Gasteiger partial charge < -0.3 is 0 Å². The maximum Gasteiger partial charge on any atom is 0.101 e. The second-order valence-electron chi connectivity index (χ2n) is 5.71. The van der Waals surface area contributed by atoms with Crippen LogP contribution in [-0.4, -0.2) is 17.5 Å². The molecule has 1 aliphatic heterocycles. The van der Waals surface area contributed by atoms with Gasteiger partial charge in [0.15, 0.2) is 0 Å². The minimum Gasteiger partial charge on any atom is -0.281 e. The molecule has 1 aromatic carbocycles. The first kappa shape index (κ1) is 11.7. The SMILES string of the molecule is CC(c1ccccc1)N1CC2CCCC2C1C#N. The standard InChI is InChI=1S/C16H20N2/c1-12(13-6-3-2-4-7-13)18-11-14-8-5-9-15(14)16(18)10-17/h2-4,6-7,12,14-16H,5,8-9,11H2,1H3. The summed E-state index contributed by atoms with van der Waals surface area (Å²) in [5.74, 6) is 1.39. The van der Waals surface area contributed by atoms with Crippen molar-refractivity contribution in [2.45, 2.75) is 38.3 Å². The first-order valence-corrected chi connectivity index (χ1v) is 7.01. The van der Waals surface area contributed by atoms with Gasteiger partial charge in [0.2, 0.25) is 0 Å². The number of nitrogens with zero attached hydrogens (tertiary/aromatic N) is 2. The molecule has 0 spiro atoms. The van der Waals surface area contributed by atoms with Gasteiger partial charge in [0.1, 0.15) is 6.04 Å². The first-order chi connectivity index (χ1) is 8.81. The molecule has 18 heavy (non-hydrogen) atoms. The highest BCUT2D eigenvalue weighted by Crippen LogP contribution is 2.44. The van der Waals surface area contributed by atoms with Gasteiger partial charge in [-0.05, 0) is 37.2 Å². The van der Waals surface area contributed by atoms with E-state index in [4.69, 9.17) is 0 Å². The van der Waals surface area contributed by atoms with Crippen LogP contribution in [0.1, 0.15) is 37.8 Å². The summed E-state index contributed by atoms with van der Waals surface area (Å²) in [6, 6.07) is 13.6. The third-order valence-corrected chi connectivity index (χ3v) is 4.84. The van der Waals surface area contributed by atoms with Crippen LogP contribution < -0.4 is 0 Å². The Morgan fingerprint density at radius 2 is 2.06 bits per heavy atom. The number of fused-ring (bicyclic) bond motifs is 1. The van der Waals surface area contributed by atoms with E-state index in [2.05, 4.69) is 48.2 Å². The lowest BCUT2D eigenvalue weighted by molar-refractivity contribution is 0.203. The predicted molar refractivity (Wildman–Crippen MR) is 71.8 cm³/mol. The van der Waals surface area contributed by atoms with E-state index in [0.717, 1.165) is 12.5 Å². The summed E-state index contributed by atoms with van der Waals surface area (Å²) in [5.41, 5.74) is 1.33. The molecule has 1 aliphatic carbocycles. The molecule has 0 amide bonds. The predicted octanol–water partition coefficient (Wildman–Crippen LogP) is 3.37. The average Bonchev–Trinajstić information content (AvgIpc) is 2.98. The van der Waals surface area contributed by atoms with Crippen molar-refractivity contribution in [3.8, 4) is 6.07 Å². The van der Waals surface area contributed by atoms with Crippen molar-refractivity contribution in [1.82, 2.24) is 4.90 Å². The summed E-state index contributed by atoms with van der Waals surface area (Å²) in [5, 5.41) is 9.49. The minimum absolute atomic E-state index is 0.132. The molecule has 1 heterocycles. The Hall–Kier alpha value is -1.33. The topological polar surface area (TPSA) is 27.0 Å². The summed E-state index contributed by atoms with van der Waals surface area (Å²) in [7, 11) is 0. The molecule has 2 fully saturated rings. The molecule has 3 rings (SSSR count). The van der Waals surface area contributed by atoms with Crippen LogP contribution in [0.25, 0.3) is 0 Å². The lowest BCUT2D eigenvalue weighted by atomic mass is 9.95. The van der Waals surface area contributed by atoms with Crippen molar-refractivity contribution in [2.75, 3.05) is 6.54 Å². The number of hydrogen-bond acceptors (Lipinski definition) is 2. The van der Waals surface area contributed by atoms with Crippen LogP contribution in [0.3, 0.4) is 0 Å². The molecule has 2 heteroatoms. The molecule has 0 N–H and O–H groups in total. The normalized spacial score (nSPS) is 33.0. The molecule has 4 atom stereocenters. The second-order valence-corrected chi connectivity index (χ2v) is 5.71. The van der Waals surface area contributed by atoms with E-state index in [1.807, 2.05) is 0 Å². The highest BCUT2D eigenvalue weighted by molar-refractivity contribution is 5.20. The van der Waals surface area contributed by atoms with E-state index >= 15 is 0 Å². The van der Waals surface area contributed by atoms with E-state index in [-0.39, 0.29) is 6.04 Å². The van der Waals surface area contributed by atoms with Crippen LogP contribution in [0.4, 0.5) is 0 Å². The molecule has 1 saturated carbocycles. The molecule has 0 aromatic heterocycles. The highest BCUT2D eigenvalue weighted by Gasteiger charge is 2.45. The largest absolute Gasteiger partial charge is 0.281 e. The van der Waals surface area contributed by atoms with Crippen molar-refractivity contribution in [1.29, 1.82) is 5.26 Å². The Morgan fingerprint density at radius 1 is 1.28 bits per heavy atom. The lowest BCUT2D eigenvalue weighted by Crippen LogP contribution is -2.33. The van der Waals surface area contributed by atoms with Gasteiger partial charge in [-0.1, -0.05) is 36.8 Å². The molecular formula is C16H20N2. The van der Waals surface area contributed by atoms with Crippen LogP contribution in [-0.2, 0) is 0 Å². The zero-order valence-electron chi connectivity index (χ0n) is 10.9. The Bertz CT molecular complexity index is 448. The molecule has 4 unspecified atom stereocenters.